The molecule has 0 atom stereocenters. The van der Waals surface area contributed by atoms with Crippen molar-refractivity contribution in [1.29, 1.82) is 0 Å². The largest absolute Gasteiger partial charge is 0.417 e. The van der Waals surface area contributed by atoms with Crippen molar-refractivity contribution in [3.05, 3.63) is 35.4 Å². The van der Waals surface area contributed by atoms with Crippen LogP contribution in [0, 0.1) is 0 Å². The van der Waals surface area contributed by atoms with Crippen LogP contribution < -0.4 is 10.1 Å². The van der Waals surface area contributed by atoms with Crippen molar-refractivity contribution < 1.29 is 9.15 Å². The molecule has 0 fully saturated rings. The highest BCUT2D eigenvalue weighted by molar-refractivity contribution is 6.30. The fourth-order valence-electron chi connectivity index (χ4n) is 1.36. The molecule has 2 heterocycles. The van der Waals surface area contributed by atoms with Gasteiger partial charge in [0, 0.05) is 18.8 Å². The van der Waals surface area contributed by atoms with Gasteiger partial charge in [-0.15, -0.1) is 0 Å². The van der Waals surface area contributed by atoms with Crippen molar-refractivity contribution in [1.82, 2.24) is 15.3 Å². The molecule has 0 unspecified atom stereocenters. The van der Waals surface area contributed by atoms with Gasteiger partial charge in [-0.1, -0.05) is 18.5 Å². The summed E-state index contributed by atoms with van der Waals surface area (Å²) >= 11 is 5.80. The lowest BCUT2D eigenvalue weighted by Crippen LogP contribution is -2.13. The van der Waals surface area contributed by atoms with E-state index < -0.39 is 0 Å². The number of ether oxygens (including phenoxy) is 1. The second-order valence-electron chi connectivity index (χ2n) is 3.72. The number of halogens is 1. The minimum absolute atomic E-state index is 0.187. The average molecular weight is 268 g/mol. The van der Waals surface area contributed by atoms with E-state index in [0.717, 1.165) is 18.7 Å². The lowest BCUT2D eigenvalue weighted by molar-refractivity contribution is 0.330. The maximum Gasteiger partial charge on any atom is 0.399 e. The summed E-state index contributed by atoms with van der Waals surface area (Å²) in [6, 6.07) is 1.65. The van der Waals surface area contributed by atoms with Crippen LogP contribution in [0.15, 0.2) is 29.1 Å². The predicted octanol–water partition coefficient (Wildman–Crippen LogP) is 3.01. The normalized spacial score (nSPS) is 10.6. The van der Waals surface area contributed by atoms with E-state index in [1.165, 1.54) is 6.20 Å². The molecule has 18 heavy (non-hydrogen) atoms. The third-order valence-electron chi connectivity index (χ3n) is 2.15. The van der Waals surface area contributed by atoms with Crippen LogP contribution in [-0.2, 0) is 6.54 Å². The number of hydrogen-bond donors (Lipinski definition) is 1. The molecule has 0 radical (unpaired) electrons. The third kappa shape index (κ3) is 3.72. The minimum atomic E-state index is 0.187. The molecule has 0 saturated heterocycles. The molecule has 0 aromatic carbocycles. The summed E-state index contributed by atoms with van der Waals surface area (Å²) in [5.74, 6) is 0.498. The molecule has 0 bridgehead atoms. The Bertz CT molecular complexity index is 502. The quantitative estimate of drug-likeness (QED) is 0.815. The molecule has 96 valence electrons. The zero-order chi connectivity index (χ0) is 12.8. The zero-order valence-corrected chi connectivity index (χ0v) is 10.8. The molecule has 5 nitrogen and oxygen atoms in total. The Balaban J connectivity index is 1.94. The highest BCUT2D eigenvalue weighted by Crippen LogP contribution is 2.22. The van der Waals surface area contributed by atoms with Crippen LogP contribution in [0.2, 0.25) is 5.02 Å². The maximum absolute atomic E-state index is 5.80. The third-order valence-corrected chi connectivity index (χ3v) is 2.36. The van der Waals surface area contributed by atoms with Crippen LogP contribution in [-0.4, -0.2) is 16.5 Å². The van der Waals surface area contributed by atoms with Crippen molar-refractivity contribution in [3.63, 3.8) is 0 Å². The van der Waals surface area contributed by atoms with E-state index in [1.54, 1.807) is 18.5 Å². The van der Waals surface area contributed by atoms with Gasteiger partial charge in [0.2, 0.25) is 0 Å². The maximum atomic E-state index is 5.80. The number of hydrogen-bond acceptors (Lipinski definition) is 5. The van der Waals surface area contributed by atoms with Crippen molar-refractivity contribution >= 4 is 11.6 Å². The summed E-state index contributed by atoms with van der Waals surface area (Å²) in [5.41, 5.74) is 0.799. The molecule has 2 aromatic heterocycles. The van der Waals surface area contributed by atoms with Gasteiger partial charge in [-0.2, -0.15) is 4.98 Å². The van der Waals surface area contributed by atoms with Gasteiger partial charge in [0.25, 0.3) is 0 Å². The SMILES string of the molecule is CCCNCc1coc(Oc2cncc(Cl)c2)n1. The topological polar surface area (TPSA) is 60.2 Å². The number of oxazole rings is 1. The van der Waals surface area contributed by atoms with Gasteiger partial charge in [0.15, 0.2) is 5.75 Å². The van der Waals surface area contributed by atoms with E-state index >= 15 is 0 Å². The van der Waals surface area contributed by atoms with Crippen molar-refractivity contribution in [2.75, 3.05) is 6.54 Å². The van der Waals surface area contributed by atoms with E-state index in [4.69, 9.17) is 20.8 Å². The van der Waals surface area contributed by atoms with Crippen LogP contribution in [0.3, 0.4) is 0 Å². The first-order valence-electron chi connectivity index (χ1n) is 5.71. The van der Waals surface area contributed by atoms with E-state index in [9.17, 15) is 0 Å². The summed E-state index contributed by atoms with van der Waals surface area (Å²) in [5, 5.41) is 3.73. The lowest BCUT2D eigenvalue weighted by Gasteiger charge is -1.99. The Hall–Kier alpha value is -1.59. The number of pyridine rings is 1. The molecule has 0 aliphatic carbocycles. The first-order valence-corrected chi connectivity index (χ1v) is 6.09. The number of nitrogens with one attached hydrogen (secondary N) is 1. The van der Waals surface area contributed by atoms with Crippen LogP contribution >= 0.6 is 11.6 Å². The van der Waals surface area contributed by atoms with Crippen LogP contribution in [0.5, 0.6) is 11.8 Å². The van der Waals surface area contributed by atoms with Gasteiger partial charge in [-0.25, -0.2) is 0 Å². The molecule has 0 saturated carbocycles. The van der Waals surface area contributed by atoms with E-state index in [0.29, 0.717) is 17.3 Å². The number of aromatic nitrogens is 2. The Morgan fingerprint density at radius 1 is 1.44 bits per heavy atom. The lowest BCUT2D eigenvalue weighted by atomic mass is 10.4. The second-order valence-corrected chi connectivity index (χ2v) is 4.16. The van der Waals surface area contributed by atoms with Crippen LogP contribution in [0.25, 0.3) is 0 Å². The molecule has 0 amide bonds. The van der Waals surface area contributed by atoms with Gasteiger partial charge < -0.3 is 14.5 Å². The molecule has 0 spiro atoms. The Morgan fingerprint density at radius 3 is 3.11 bits per heavy atom. The molecule has 2 rings (SSSR count). The highest BCUT2D eigenvalue weighted by Gasteiger charge is 2.06. The molecule has 1 N–H and O–H groups in total. The molecule has 6 heteroatoms. The Morgan fingerprint density at radius 2 is 2.33 bits per heavy atom. The van der Waals surface area contributed by atoms with E-state index in [2.05, 4.69) is 22.2 Å². The molecule has 0 aliphatic rings. The number of nitrogens with zero attached hydrogens (tertiary/aromatic N) is 2. The van der Waals surface area contributed by atoms with Gasteiger partial charge in [-0.05, 0) is 13.0 Å². The van der Waals surface area contributed by atoms with Gasteiger partial charge in [0.1, 0.15) is 6.26 Å². The fourth-order valence-corrected chi connectivity index (χ4v) is 1.52. The summed E-state index contributed by atoms with van der Waals surface area (Å²) in [6.45, 7) is 3.71. The molecular weight excluding hydrogens is 254 g/mol. The molecular formula is C12H14ClN3O2. The van der Waals surface area contributed by atoms with Gasteiger partial charge in [0.05, 0.1) is 16.9 Å². The predicted molar refractivity (Wildman–Crippen MR) is 67.8 cm³/mol. The second kappa shape index (κ2) is 6.37. The first kappa shape index (κ1) is 12.9. The van der Waals surface area contributed by atoms with Crippen molar-refractivity contribution in [3.8, 4) is 11.8 Å². The van der Waals surface area contributed by atoms with Gasteiger partial charge >= 0.3 is 6.08 Å². The molecule has 2 aromatic rings. The first-order chi connectivity index (χ1) is 8.78. The smallest absolute Gasteiger partial charge is 0.399 e. The Labute approximate surface area is 110 Å². The summed E-state index contributed by atoms with van der Waals surface area (Å²) in [7, 11) is 0. The van der Waals surface area contributed by atoms with Gasteiger partial charge in [-0.3, -0.25) is 4.98 Å². The summed E-state index contributed by atoms with van der Waals surface area (Å²) < 4.78 is 10.6. The minimum Gasteiger partial charge on any atom is -0.417 e. The summed E-state index contributed by atoms with van der Waals surface area (Å²) in [4.78, 5) is 8.09. The monoisotopic (exact) mass is 267 g/mol. The summed E-state index contributed by atoms with van der Waals surface area (Å²) in [6.07, 6.45) is 5.91. The van der Waals surface area contributed by atoms with Crippen LogP contribution in [0.4, 0.5) is 0 Å². The zero-order valence-electron chi connectivity index (χ0n) is 10.0. The average Bonchev–Trinajstić information content (AvgIpc) is 2.77. The van der Waals surface area contributed by atoms with E-state index in [1.807, 2.05) is 0 Å². The van der Waals surface area contributed by atoms with Crippen molar-refractivity contribution in [2.24, 2.45) is 0 Å². The molecule has 0 aliphatic heterocycles. The standard InChI is InChI=1S/C12H14ClN3O2/c1-2-3-14-6-10-8-17-12(16-10)18-11-4-9(13)5-15-7-11/h4-5,7-8,14H,2-3,6H2,1H3. The highest BCUT2D eigenvalue weighted by atomic mass is 35.5. The van der Waals surface area contributed by atoms with E-state index in [-0.39, 0.29) is 6.08 Å². The van der Waals surface area contributed by atoms with Crippen LogP contribution in [0.1, 0.15) is 19.0 Å². The van der Waals surface area contributed by atoms with Crippen molar-refractivity contribution in [2.45, 2.75) is 19.9 Å². The number of rotatable bonds is 6. The Kier molecular flexibility index (Phi) is 4.55. The fraction of sp³-hybridized carbons (Fsp3) is 0.333.